The van der Waals surface area contributed by atoms with Crippen LogP contribution >= 0.6 is 0 Å². The normalized spacial score (nSPS) is 11.7. The number of hydrogen-bond acceptors (Lipinski definition) is 5. The molecule has 0 bridgehead atoms. The van der Waals surface area contributed by atoms with E-state index in [1.807, 2.05) is 32.0 Å². The van der Waals surface area contributed by atoms with E-state index in [0.717, 1.165) is 5.56 Å². The number of hydrogen-bond donors (Lipinski definition) is 4. The molecule has 0 saturated carbocycles. The second-order valence-electron chi connectivity index (χ2n) is 7.20. The van der Waals surface area contributed by atoms with Crippen LogP contribution in [0.3, 0.4) is 0 Å². The lowest BCUT2D eigenvalue weighted by Crippen LogP contribution is -2.22. The summed E-state index contributed by atoms with van der Waals surface area (Å²) >= 11 is 0. The Bertz CT molecular complexity index is 1150. The number of rotatable bonds is 6. The maximum atomic E-state index is 12.5. The zero-order valence-electron chi connectivity index (χ0n) is 17.4. The maximum absolute atomic E-state index is 12.5. The Balaban J connectivity index is 0.00000166. The number of benzene rings is 3. The summed E-state index contributed by atoms with van der Waals surface area (Å²) in [5.74, 6) is -0.247. The molecule has 5 N–H and O–H groups in total. The Hall–Kier alpha value is -3.36. The summed E-state index contributed by atoms with van der Waals surface area (Å²) in [4.78, 5) is 12.6. The summed E-state index contributed by atoms with van der Waals surface area (Å²) in [5, 5.41) is 8.23. The van der Waals surface area contributed by atoms with Crippen LogP contribution in [0.1, 0.15) is 18.1 Å². The van der Waals surface area contributed by atoms with Gasteiger partial charge in [-0.3, -0.25) is 4.79 Å². The van der Waals surface area contributed by atoms with Gasteiger partial charge in [0.25, 0.3) is 0 Å². The van der Waals surface area contributed by atoms with Gasteiger partial charge in [-0.2, -0.15) is 0 Å². The van der Waals surface area contributed by atoms with E-state index < -0.39 is 10.0 Å². The molecule has 0 aliphatic carbocycles. The average Bonchev–Trinajstić information content (AvgIpc) is 2.75. The van der Waals surface area contributed by atoms with Crippen LogP contribution in [-0.2, 0) is 21.2 Å². The highest BCUT2D eigenvalue weighted by Gasteiger charge is 2.16. The van der Waals surface area contributed by atoms with E-state index in [1.54, 1.807) is 42.5 Å². The van der Waals surface area contributed by atoms with E-state index in [2.05, 4.69) is 11.4 Å². The zero-order valence-corrected chi connectivity index (χ0v) is 18.2. The highest BCUT2D eigenvalue weighted by atomic mass is 32.2. The van der Waals surface area contributed by atoms with Gasteiger partial charge in [-0.25, -0.2) is 24.6 Å². The van der Waals surface area contributed by atoms with Gasteiger partial charge in [0.2, 0.25) is 15.9 Å². The van der Waals surface area contributed by atoms with Crippen molar-refractivity contribution in [3.8, 4) is 11.1 Å². The molecule has 0 aromatic heterocycles. The van der Waals surface area contributed by atoms with E-state index >= 15 is 0 Å². The van der Waals surface area contributed by atoms with Gasteiger partial charge >= 0.3 is 0 Å². The van der Waals surface area contributed by atoms with Crippen molar-refractivity contribution in [3.05, 3.63) is 83.9 Å². The first kappa shape index (κ1) is 23.9. The van der Waals surface area contributed by atoms with Crippen molar-refractivity contribution in [2.24, 2.45) is 11.1 Å². The molecule has 31 heavy (non-hydrogen) atoms. The third kappa shape index (κ3) is 6.56. The molecular weight excluding hydrogens is 412 g/mol. The fourth-order valence-electron chi connectivity index (χ4n) is 3.24. The summed E-state index contributed by atoms with van der Waals surface area (Å²) in [7, 11) is -3.82. The lowest BCUT2D eigenvalue weighted by Gasteiger charge is -2.13. The molecule has 162 valence electrons. The molecule has 3 aromatic carbocycles. The summed E-state index contributed by atoms with van der Waals surface area (Å²) in [5.41, 5.74) is 14.2. The smallest absolute Gasteiger partial charge is 0.238 e. The van der Waals surface area contributed by atoms with Crippen LogP contribution < -0.4 is 10.5 Å². The number of anilines is 1. The lowest BCUT2D eigenvalue weighted by molar-refractivity contribution is -0.119. The Kier molecular flexibility index (Phi) is 8.18. The Labute approximate surface area is 182 Å². The number of sulfonamides is 1. The molecule has 1 unspecified atom stereocenters. The molecule has 0 aliphatic heterocycles. The highest BCUT2D eigenvalue weighted by Crippen LogP contribution is 2.27. The average molecular weight is 439 g/mol. The molecule has 1 atom stereocenters. The number of carbonyl (C=O) groups excluding carboxylic acids is 1. The van der Waals surface area contributed by atoms with Crippen LogP contribution in [0.25, 0.3) is 11.1 Å². The van der Waals surface area contributed by atoms with E-state index in [-0.39, 0.29) is 16.7 Å². The highest BCUT2D eigenvalue weighted by molar-refractivity contribution is 7.89. The van der Waals surface area contributed by atoms with Crippen LogP contribution in [0.2, 0.25) is 0 Å². The molecule has 0 heterocycles. The largest absolute Gasteiger partial charge is 0.326 e. The maximum Gasteiger partial charge on any atom is 0.238 e. The SMILES string of the molecule is Cc1cccc(CC(C)C(=O)Nc2ccc(-c3ccccc3S(N)(=O)=O)cc2)c1.N=N. The molecule has 8 heteroatoms. The van der Waals surface area contributed by atoms with E-state index in [0.29, 0.717) is 23.2 Å². The number of aryl methyl sites for hydroxylation is 1. The summed E-state index contributed by atoms with van der Waals surface area (Å²) in [6, 6.07) is 21.8. The number of primary sulfonamides is 1. The number of nitrogens with two attached hydrogens (primary N) is 1. The molecule has 3 aromatic rings. The van der Waals surface area contributed by atoms with Crippen molar-refractivity contribution in [1.29, 1.82) is 11.1 Å². The van der Waals surface area contributed by atoms with Crippen LogP contribution in [0.5, 0.6) is 0 Å². The molecule has 1 amide bonds. The molecule has 0 radical (unpaired) electrons. The molecular formula is C23H26N4O3S. The third-order valence-electron chi connectivity index (χ3n) is 4.73. The van der Waals surface area contributed by atoms with Gasteiger partial charge in [0.15, 0.2) is 0 Å². The van der Waals surface area contributed by atoms with Gasteiger partial charge < -0.3 is 5.32 Å². The molecule has 0 spiro atoms. The van der Waals surface area contributed by atoms with Crippen molar-refractivity contribution in [2.75, 3.05) is 5.32 Å². The summed E-state index contributed by atoms with van der Waals surface area (Å²) in [6.07, 6.45) is 0.660. The monoisotopic (exact) mass is 438 g/mol. The minimum atomic E-state index is -3.82. The standard InChI is InChI=1S/C23H24N2O3S.H2N2/c1-16-6-5-7-18(14-16)15-17(2)23(26)25-20-12-10-19(11-13-20)21-8-3-4-9-22(21)29(24,27)28;1-2/h3-14,17H,15H2,1-2H3,(H,25,26)(H2,24,27,28);1-2H. The molecule has 0 saturated heterocycles. The van der Waals surface area contributed by atoms with Gasteiger partial charge in [0.05, 0.1) is 4.90 Å². The van der Waals surface area contributed by atoms with Gasteiger partial charge in [0, 0.05) is 17.2 Å². The van der Waals surface area contributed by atoms with Crippen LogP contribution in [0.15, 0.2) is 77.7 Å². The van der Waals surface area contributed by atoms with Gasteiger partial charge in [0.1, 0.15) is 0 Å². The zero-order chi connectivity index (χ0) is 23.0. The predicted molar refractivity (Wildman–Crippen MR) is 121 cm³/mol. The van der Waals surface area contributed by atoms with Crippen LogP contribution in [0.4, 0.5) is 5.69 Å². The molecule has 0 aliphatic rings. The van der Waals surface area contributed by atoms with Crippen LogP contribution in [-0.4, -0.2) is 14.3 Å². The predicted octanol–water partition coefficient (Wildman–Crippen LogP) is 4.72. The Morgan fingerprint density at radius 2 is 1.65 bits per heavy atom. The minimum Gasteiger partial charge on any atom is -0.326 e. The van der Waals surface area contributed by atoms with Gasteiger partial charge in [-0.15, -0.1) is 0 Å². The lowest BCUT2D eigenvalue weighted by atomic mass is 9.99. The van der Waals surface area contributed by atoms with Gasteiger partial charge in [-0.1, -0.05) is 67.1 Å². The van der Waals surface area contributed by atoms with Crippen molar-refractivity contribution >= 4 is 21.6 Å². The third-order valence-corrected chi connectivity index (χ3v) is 5.70. The Morgan fingerprint density at radius 1 is 1.00 bits per heavy atom. The minimum absolute atomic E-state index is 0.0656. The second-order valence-corrected chi connectivity index (χ2v) is 8.73. The summed E-state index contributed by atoms with van der Waals surface area (Å²) < 4.78 is 23.6. The first-order valence-electron chi connectivity index (χ1n) is 9.58. The van der Waals surface area contributed by atoms with Crippen molar-refractivity contribution in [2.45, 2.75) is 25.2 Å². The van der Waals surface area contributed by atoms with Crippen molar-refractivity contribution < 1.29 is 13.2 Å². The van der Waals surface area contributed by atoms with Crippen molar-refractivity contribution in [3.63, 3.8) is 0 Å². The fourth-order valence-corrected chi connectivity index (χ4v) is 4.00. The quantitative estimate of drug-likeness (QED) is 0.414. The van der Waals surface area contributed by atoms with E-state index in [9.17, 15) is 13.2 Å². The van der Waals surface area contributed by atoms with Crippen LogP contribution in [0, 0.1) is 23.9 Å². The van der Waals surface area contributed by atoms with Gasteiger partial charge in [-0.05, 0) is 42.7 Å². The topological polar surface area (TPSA) is 137 Å². The second kappa shape index (κ2) is 10.6. The fraction of sp³-hybridized carbons (Fsp3) is 0.174. The number of nitrogens with one attached hydrogen (secondary N) is 3. The molecule has 7 nitrogen and oxygen atoms in total. The Morgan fingerprint density at radius 3 is 2.26 bits per heavy atom. The number of amides is 1. The summed E-state index contributed by atoms with van der Waals surface area (Å²) in [6.45, 7) is 3.93. The first-order chi connectivity index (χ1) is 14.7. The first-order valence-corrected chi connectivity index (χ1v) is 11.1. The number of carbonyl (C=O) groups is 1. The molecule has 0 fully saturated rings. The van der Waals surface area contributed by atoms with E-state index in [4.69, 9.17) is 16.2 Å². The molecule has 3 rings (SSSR count). The van der Waals surface area contributed by atoms with Crippen molar-refractivity contribution in [1.82, 2.24) is 0 Å². The van der Waals surface area contributed by atoms with E-state index in [1.165, 1.54) is 11.6 Å².